The fourth-order valence-electron chi connectivity index (χ4n) is 3.85. The molecule has 0 spiro atoms. The Morgan fingerprint density at radius 1 is 1.50 bits per heavy atom. The second-order valence-electron chi connectivity index (χ2n) is 6.71. The van der Waals surface area contributed by atoms with Crippen molar-refractivity contribution in [1.29, 1.82) is 0 Å². The minimum atomic E-state index is -1.00. The lowest BCUT2D eigenvalue weighted by atomic mass is 9.46. The molecule has 1 aliphatic carbocycles. The van der Waals surface area contributed by atoms with Gasteiger partial charge >= 0.3 is 0 Å². The van der Waals surface area contributed by atoms with E-state index in [0.717, 1.165) is 19.4 Å². The molecule has 1 saturated carbocycles. The summed E-state index contributed by atoms with van der Waals surface area (Å²) in [5.41, 5.74) is 5.48. The Labute approximate surface area is 134 Å². The number of amides is 1. The van der Waals surface area contributed by atoms with Gasteiger partial charge in [0, 0.05) is 23.6 Å². The summed E-state index contributed by atoms with van der Waals surface area (Å²) in [7, 11) is 0. The maximum absolute atomic E-state index is 13.2. The normalized spacial score (nSPS) is 32.8. The minimum absolute atomic E-state index is 0.00664. The first-order valence-electron chi connectivity index (χ1n) is 7.45. The van der Waals surface area contributed by atoms with Crippen LogP contribution in [0.4, 0.5) is 10.1 Å². The van der Waals surface area contributed by atoms with Crippen LogP contribution in [0.1, 0.15) is 26.7 Å². The number of halogens is 2. The number of hydrogen-bond donors (Lipinski definition) is 2. The zero-order valence-electron chi connectivity index (χ0n) is 12.7. The minimum Gasteiger partial charge on any atom is -0.377 e. The lowest BCUT2D eigenvalue weighted by molar-refractivity contribution is -0.222. The van der Waals surface area contributed by atoms with Crippen molar-refractivity contribution in [3.8, 4) is 0 Å². The Morgan fingerprint density at radius 2 is 2.23 bits per heavy atom. The average molecular weight is 327 g/mol. The molecular formula is C16H20ClFN2O2. The molecule has 1 aromatic rings. The average Bonchev–Trinajstić information content (AvgIpc) is 2.50. The molecule has 3 unspecified atom stereocenters. The van der Waals surface area contributed by atoms with Gasteiger partial charge in [0.2, 0.25) is 5.91 Å². The molecule has 2 fully saturated rings. The molecule has 1 aliphatic heterocycles. The van der Waals surface area contributed by atoms with Crippen molar-refractivity contribution in [2.24, 2.45) is 17.1 Å². The Kier molecular flexibility index (Phi) is 3.70. The van der Waals surface area contributed by atoms with Crippen LogP contribution in [0, 0.1) is 17.2 Å². The molecule has 3 N–H and O–H groups in total. The summed E-state index contributed by atoms with van der Waals surface area (Å²) < 4.78 is 19.0. The number of hydrogen-bond acceptors (Lipinski definition) is 3. The van der Waals surface area contributed by atoms with Gasteiger partial charge in [-0.1, -0.05) is 25.4 Å². The van der Waals surface area contributed by atoms with E-state index >= 15 is 0 Å². The monoisotopic (exact) mass is 326 g/mol. The second kappa shape index (κ2) is 5.18. The molecular weight excluding hydrogens is 307 g/mol. The van der Waals surface area contributed by atoms with Crippen molar-refractivity contribution in [3.05, 3.63) is 29.0 Å². The lowest BCUT2D eigenvalue weighted by Crippen LogP contribution is -2.81. The Morgan fingerprint density at radius 3 is 2.91 bits per heavy atom. The molecule has 22 heavy (non-hydrogen) atoms. The highest BCUT2D eigenvalue weighted by Gasteiger charge is 2.70. The van der Waals surface area contributed by atoms with E-state index in [2.05, 4.69) is 5.32 Å². The van der Waals surface area contributed by atoms with Gasteiger partial charge in [-0.3, -0.25) is 4.79 Å². The second-order valence-corrected chi connectivity index (χ2v) is 7.12. The summed E-state index contributed by atoms with van der Waals surface area (Å²) in [6.07, 6.45) is 1.79. The maximum Gasteiger partial charge on any atom is 0.245 e. The smallest absolute Gasteiger partial charge is 0.245 e. The van der Waals surface area contributed by atoms with Crippen molar-refractivity contribution in [1.82, 2.24) is 0 Å². The largest absolute Gasteiger partial charge is 0.377 e. The van der Waals surface area contributed by atoms with Crippen molar-refractivity contribution in [2.75, 3.05) is 11.9 Å². The number of carbonyl (C=O) groups excluding carboxylic acids is 1. The van der Waals surface area contributed by atoms with Crippen LogP contribution in [-0.2, 0) is 9.53 Å². The third kappa shape index (κ3) is 2.07. The van der Waals surface area contributed by atoms with Gasteiger partial charge in [0.05, 0.1) is 11.1 Å². The zero-order chi connectivity index (χ0) is 16.1. The first-order valence-corrected chi connectivity index (χ1v) is 7.83. The number of anilines is 1. The highest BCUT2D eigenvalue weighted by Crippen LogP contribution is 2.57. The Balaban J connectivity index is 1.83. The van der Waals surface area contributed by atoms with Crippen LogP contribution in [0.2, 0.25) is 5.02 Å². The number of benzene rings is 1. The Bertz CT molecular complexity index is 622. The fraction of sp³-hybridized carbons (Fsp3) is 0.562. The standard InChI is InChI=1S/C16H20ClFN2O2/c1-15(2)13-10(4-3-7-22-13)16(15,19)14(21)20-9-5-6-12(18)11(17)8-9/h5-6,8,10,13H,3-4,7,19H2,1-2H3,(H,20,21). The van der Waals surface area contributed by atoms with Crippen LogP contribution < -0.4 is 11.1 Å². The van der Waals surface area contributed by atoms with E-state index in [1.165, 1.54) is 18.2 Å². The number of fused-ring (bicyclic) bond motifs is 1. The van der Waals surface area contributed by atoms with Gasteiger partial charge in [0.1, 0.15) is 11.4 Å². The predicted octanol–water partition coefficient (Wildman–Crippen LogP) is 2.95. The van der Waals surface area contributed by atoms with Gasteiger partial charge in [-0.05, 0) is 31.0 Å². The van der Waals surface area contributed by atoms with E-state index in [0.29, 0.717) is 5.69 Å². The number of ether oxygens (including phenoxy) is 1. The summed E-state index contributed by atoms with van der Waals surface area (Å²) in [6.45, 7) is 4.63. The Hall–Kier alpha value is -1.17. The van der Waals surface area contributed by atoms with E-state index in [9.17, 15) is 9.18 Å². The third-order valence-electron chi connectivity index (χ3n) is 5.24. The summed E-state index contributed by atoms with van der Waals surface area (Å²) in [4.78, 5) is 12.8. The van der Waals surface area contributed by atoms with Crippen molar-refractivity contribution in [3.63, 3.8) is 0 Å². The van der Waals surface area contributed by atoms with Crippen LogP contribution in [0.3, 0.4) is 0 Å². The molecule has 6 heteroatoms. The number of nitrogens with one attached hydrogen (secondary N) is 1. The van der Waals surface area contributed by atoms with Crippen LogP contribution in [-0.4, -0.2) is 24.2 Å². The summed E-state index contributed by atoms with van der Waals surface area (Å²) in [6, 6.07) is 4.08. The van der Waals surface area contributed by atoms with E-state index in [-0.39, 0.29) is 23.0 Å². The van der Waals surface area contributed by atoms with Crippen LogP contribution in [0.5, 0.6) is 0 Å². The quantitative estimate of drug-likeness (QED) is 0.878. The fourth-order valence-corrected chi connectivity index (χ4v) is 4.03. The summed E-state index contributed by atoms with van der Waals surface area (Å²) in [5, 5.41) is 2.74. The third-order valence-corrected chi connectivity index (χ3v) is 5.53. The maximum atomic E-state index is 13.2. The van der Waals surface area contributed by atoms with Gasteiger partial charge in [-0.25, -0.2) is 4.39 Å². The van der Waals surface area contributed by atoms with E-state index < -0.39 is 16.8 Å². The highest BCUT2D eigenvalue weighted by molar-refractivity contribution is 6.31. The highest BCUT2D eigenvalue weighted by atomic mass is 35.5. The first-order chi connectivity index (χ1) is 10.3. The molecule has 1 aromatic carbocycles. The molecule has 120 valence electrons. The molecule has 3 atom stereocenters. The van der Waals surface area contributed by atoms with E-state index in [4.69, 9.17) is 22.1 Å². The first kappa shape index (κ1) is 15.7. The van der Waals surface area contributed by atoms with Crippen LogP contribution in [0.15, 0.2) is 18.2 Å². The molecule has 2 aliphatic rings. The molecule has 0 aromatic heterocycles. The lowest BCUT2D eigenvalue weighted by Gasteiger charge is -2.65. The van der Waals surface area contributed by atoms with E-state index in [1.807, 2.05) is 13.8 Å². The van der Waals surface area contributed by atoms with Crippen molar-refractivity contribution >= 4 is 23.2 Å². The molecule has 3 rings (SSSR count). The van der Waals surface area contributed by atoms with Gasteiger partial charge in [-0.2, -0.15) is 0 Å². The van der Waals surface area contributed by atoms with Gasteiger partial charge < -0.3 is 15.8 Å². The van der Waals surface area contributed by atoms with Crippen LogP contribution in [0.25, 0.3) is 0 Å². The van der Waals surface area contributed by atoms with Crippen molar-refractivity contribution in [2.45, 2.75) is 38.3 Å². The molecule has 1 saturated heterocycles. The number of nitrogens with two attached hydrogens (primary N) is 1. The van der Waals surface area contributed by atoms with E-state index in [1.54, 1.807) is 0 Å². The van der Waals surface area contributed by atoms with Crippen LogP contribution >= 0.6 is 11.6 Å². The zero-order valence-corrected chi connectivity index (χ0v) is 13.4. The molecule has 0 radical (unpaired) electrons. The van der Waals surface area contributed by atoms with Gasteiger partial charge in [0.15, 0.2) is 0 Å². The number of rotatable bonds is 2. The number of carbonyl (C=O) groups is 1. The molecule has 4 nitrogen and oxygen atoms in total. The topological polar surface area (TPSA) is 64.3 Å². The predicted molar refractivity (Wildman–Crippen MR) is 83.2 cm³/mol. The van der Waals surface area contributed by atoms with Crippen molar-refractivity contribution < 1.29 is 13.9 Å². The molecule has 1 amide bonds. The summed E-state index contributed by atoms with van der Waals surface area (Å²) >= 11 is 5.75. The molecule has 0 bridgehead atoms. The van der Waals surface area contributed by atoms with Gasteiger partial charge in [0.25, 0.3) is 0 Å². The van der Waals surface area contributed by atoms with Gasteiger partial charge in [-0.15, -0.1) is 0 Å². The SMILES string of the molecule is CC1(C)C2OCCCC2C1(N)C(=O)Nc1ccc(F)c(Cl)c1. The summed E-state index contributed by atoms with van der Waals surface area (Å²) in [5.74, 6) is -0.786. The molecule has 1 heterocycles.